The van der Waals surface area contributed by atoms with Crippen LogP contribution < -0.4 is 4.74 Å². The van der Waals surface area contributed by atoms with Crippen LogP contribution >= 0.6 is 0 Å². The molecule has 2 aromatic heterocycles. The van der Waals surface area contributed by atoms with Gasteiger partial charge in [-0.1, -0.05) is 38.1 Å². The summed E-state index contributed by atoms with van der Waals surface area (Å²) in [6.07, 6.45) is -1.02. The summed E-state index contributed by atoms with van der Waals surface area (Å²) < 4.78 is 63.1. The van der Waals surface area contributed by atoms with Crippen molar-refractivity contribution >= 4 is 10.9 Å². The Morgan fingerprint density at radius 1 is 1.00 bits per heavy atom. The second kappa shape index (κ2) is 10.8. The van der Waals surface area contributed by atoms with Gasteiger partial charge < -0.3 is 9.72 Å². The minimum Gasteiger partial charge on any atom is -0.492 e. The van der Waals surface area contributed by atoms with Gasteiger partial charge in [0.1, 0.15) is 0 Å². The van der Waals surface area contributed by atoms with Crippen LogP contribution in [0.3, 0.4) is 0 Å². The van der Waals surface area contributed by atoms with Gasteiger partial charge in [0, 0.05) is 35.8 Å². The van der Waals surface area contributed by atoms with Crippen LogP contribution in [-0.4, -0.2) is 26.8 Å². The summed E-state index contributed by atoms with van der Waals surface area (Å²) in [4.78, 5) is 5.38. The summed E-state index contributed by atoms with van der Waals surface area (Å²) in [5, 5.41) is 6.11. The molecule has 0 saturated heterocycles. The monoisotopic (exact) mass is 604 g/mol. The summed E-state index contributed by atoms with van der Waals surface area (Å²) in [6.45, 7) is 11.1. The number of alkyl halides is 3. The van der Waals surface area contributed by atoms with Gasteiger partial charge in [-0.15, -0.1) is 0 Å². The van der Waals surface area contributed by atoms with Crippen molar-refractivity contribution in [1.29, 1.82) is 0 Å². The van der Waals surface area contributed by atoms with E-state index >= 15 is 4.39 Å². The van der Waals surface area contributed by atoms with E-state index in [0.717, 1.165) is 63.6 Å². The number of ether oxygens (including phenoxy) is 1. The summed E-state index contributed by atoms with van der Waals surface area (Å²) in [7, 11) is 1.45. The maximum atomic E-state index is 15.6. The third kappa shape index (κ3) is 4.69. The lowest BCUT2D eigenvalue weighted by atomic mass is 9.96. The fraction of sp³-hybridized carbons (Fsp3) is 0.343. The Kier molecular flexibility index (Phi) is 7.35. The average molecular weight is 605 g/mol. The minimum absolute atomic E-state index is 0.152. The molecule has 0 unspecified atom stereocenters. The van der Waals surface area contributed by atoms with Crippen molar-refractivity contribution in [1.82, 2.24) is 19.7 Å². The zero-order chi connectivity index (χ0) is 31.6. The standard InChI is InChI=1S/C35H36F4N4O/c1-7-21-10-9-11-22(8-2)30(21)43-31(26-17-28(36)32(44-6)29-25(26)14-15-40-29)27-19-42(34(4,5)33(27)41-43)18-23-12-13-24(16-20(23)3)35(37,38)39/h9-17,40H,7-8,18-19H2,1-6H3. The van der Waals surface area contributed by atoms with Gasteiger partial charge in [-0.05, 0) is 80.1 Å². The number of rotatable bonds is 7. The molecule has 0 bridgehead atoms. The molecule has 44 heavy (non-hydrogen) atoms. The molecule has 0 aliphatic carbocycles. The maximum Gasteiger partial charge on any atom is 0.416 e. The first-order valence-corrected chi connectivity index (χ1v) is 14.9. The van der Waals surface area contributed by atoms with Gasteiger partial charge in [0.25, 0.3) is 0 Å². The Bertz CT molecular complexity index is 1860. The molecule has 9 heteroatoms. The normalized spacial score (nSPS) is 14.9. The van der Waals surface area contributed by atoms with E-state index in [1.54, 1.807) is 19.2 Å². The topological polar surface area (TPSA) is 46.1 Å². The number of fused-ring (bicyclic) bond motifs is 2. The highest BCUT2D eigenvalue weighted by Crippen LogP contribution is 2.47. The molecule has 0 spiro atoms. The highest BCUT2D eigenvalue weighted by Gasteiger charge is 2.43. The summed E-state index contributed by atoms with van der Waals surface area (Å²) >= 11 is 0. The Morgan fingerprint density at radius 3 is 2.32 bits per heavy atom. The number of hydrogen-bond acceptors (Lipinski definition) is 3. The number of hydrogen-bond donors (Lipinski definition) is 1. The molecule has 1 aliphatic heterocycles. The van der Waals surface area contributed by atoms with Crippen molar-refractivity contribution in [2.45, 2.75) is 72.3 Å². The van der Waals surface area contributed by atoms with E-state index in [-0.39, 0.29) is 5.75 Å². The number of halogens is 4. The van der Waals surface area contributed by atoms with E-state index in [0.29, 0.717) is 29.7 Å². The molecule has 0 saturated carbocycles. The zero-order valence-electron chi connectivity index (χ0n) is 25.8. The summed E-state index contributed by atoms with van der Waals surface area (Å²) in [5.41, 5.74) is 7.39. The number of nitrogens with one attached hydrogen (secondary N) is 1. The highest BCUT2D eigenvalue weighted by molar-refractivity contribution is 5.99. The lowest BCUT2D eigenvalue weighted by molar-refractivity contribution is -0.137. The van der Waals surface area contributed by atoms with Crippen LogP contribution in [0.15, 0.2) is 54.7 Å². The van der Waals surface area contributed by atoms with Crippen molar-refractivity contribution in [3.05, 3.63) is 99.6 Å². The fourth-order valence-corrected chi connectivity index (χ4v) is 6.63. The zero-order valence-corrected chi connectivity index (χ0v) is 25.8. The van der Waals surface area contributed by atoms with Crippen LogP contribution in [0, 0.1) is 12.7 Å². The van der Waals surface area contributed by atoms with Crippen LogP contribution in [0.1, 0.15) is 66.8 Å². The van der Waals surface area contributed by atoms with Crippen LogP contribution in [0.5, 0.6) is 5.75 Å². The predicted molar refractivity (Wildman–Crippen MR) is 165 cm³/mol. The van der Waals surface area contributed by atoms with Gasteiger partial charge in [-0.3, -0.25) is 4.90 Å². The number of H-pyrrole nitrogens is 1. The van der Waals surface area contributed by atoms with E-state index in [4.69, 9.17) is 9.84 Å². The summed E-state index contributed by atoms with van der Waals surface area (Å²) in [6, 6.07) is 13.6. The molecule has 5 nitrogen and oxygen atoms in total. The Labute approximate surface area is 254 Å². The number of para-hydroxylation sites is 1. The first-order chi connectivity index (χ1) is 20.9. The van der Waals surface area contributed by atoms with Gasteiger partial charge in [0.15, 0.2) is 11.6 Å². The van der Waals surface area contributed by atoms with Crippen molar-refractivity contribution in [2.24, 2.45) is 0 Å². The highest BCUT2D eigenvalue weighted by atomic mass is 19.4. The third-order valence-electron chi connectivity index (χ3n) is 9.12. The van der Waals surface area contributed by atoms with Crippen LogP contribution in [0.4, 0.5) is 17.6 Å². The molecular weight excluding hydrogens is 568 g/mol. The minimum atomic E-state index is -4.39. The third-order valence-corrected chi connectivity index (χ3v) is 9.12. The van der Waals surface area contributed by atoms with Crippen LogP contribution in [0.2, 0.25) is 0 Å². The Morgan fingerprint density at radius 2 is 1.70 bits per heavy atom. The molecule has 3 aromatic carbocycles. The van der Waals surface area contributed by atoms with Crippen molar-refractivity contribution < 1.29 is 22.3 Å². The first-order valence-electron chi connectivity index (χ1n) is 14.9. The lowest BCUT2D eigenvalue weighted by Gasteiger charge is -2.32. The number of methoxy groups -OCH3 is 1. The molecule has 3 heterocycles. The van der Waals surface area contributed by atoms with Crippen molar-refractivity contribution in [2.75, 3.05) is 7.11 Å². The van der Waals surface area contributed by atoms with Crippen molar-refractivity contribution in [3.8, 4) is 22.7 Å². The van der Waals surface area contributed by atoms with Crippen LogP contribution in [-0.2, 0) is 37.6 Å². The Balaban J connectivity index is 1.56. The van der Waals surface area contributed by atoms with Gasteiger partial charge in [0.2, 0.25) is 0 Å². The quantitative estimate of drug-likeness (QED) is 0.189. The van der Waals surface area contributed by atoms with Crippen molar-refractivity contribution in [3.63, 3.8) is 0 Å². The molecular formula is C35H36F4N4O. The molecule has 6 rings (SSSR count). The molecule has 0 atom stereocenters. The van der Waals surface area contributed by atoms with Crippen LogP contribution in [0.25, 0.3) is 27.8 Å². The van der Waals surface area contributed by atoms with Gasteiger partial charge >= 0.3 is 6.18 Å². The molecule has 0 amide bonds. The van der Waals surface area contributed by atoms with Gasteiger partial charge in [-0.2, -0.15) is 18.3 Å². The first kappa shape index (κ1) is 29.9. The number of aryl methyl sites for hydroxylation is 3. The molecule has 1 aliphatic rings. The molecule has 0 fully saturated rings. The summed E-state index contributed by atoms with van der Waals surface area (Å²) in [5.74, 6) is -0.327. The number of aromatic nitrogens is 3. The van der Waals surface area contributed by atoms with Gasteiger partial charge in [0.05, 0.1) is 40.8 Å². The second-order valence-electron chi connectivity index (χ2n) is 12.0. The Hall–Kier alpha value is -4.11. The van der Waals surface area contributed by atoms with E-state index in [1.807, 2.05) is 10.7 Å². The number of benzene rings is 3. The van der Waals surface area contributed by atoms with E-state index in [9.17, 15) is 13.2 Å². The number of aromatic amines is 1. The molecule has 1 N–H and O–H groups in total. The second-order valence-corrected chi connectivity index (χ2v) is 12.0. The maximum absolute atomic E-state index is 15.6. The predicted octanol–water partition coefficient (Wildman–Crippen LogP) is 8.87. The van der Waals surface area contributed by atoms with E-state index in [1.165, 1.54) is 19.2 Å². The molecule has 5 aromatic rings. The smallest absolute Gasteiger partial charge is 0.416 e. The molecule has 230 valence electrons. The SMILES string of the molecule is CCc1cccc(CC)c1-n1nc2c(c1-c1cc(F)c(OC)c3[nH]ccc13)CN(Cc1ccc(C(F)(F)F)cc1C)C2(C)C. The van der Waals surface area contributed by atoms with E-state index < -0.39 is 23.1 Å². The largest absolute Gasteiger partial charge is 0.492 e. The fourth-order valence-electron chi connectivity index (χ4n) is 6.63. The van der Waals surface area contributed by atoms with E-state index in [2.05, 4.69) is 55.8 Å². The average Bonchev–Trinajstić information content (AvgIpc) is 3.67. The van der Waals surface area contributed by atoms with Gasteiger partial charge in [-0.25, -0.2) is 9.07 Å². The molecule has 0 radical (unpaired) electrons. The lowest BCUT2D eigenvalue weighted by Crippen LogP contribution is -2.36. The number of nitrogens with zero attached hydrogens (tertiary/aromatic N) is 3.